The number of rotatable bonds is 1. The molecule has 2 rings (SSSR count). The molecule has 15 heavy (non-hydrogen) atoms. The van der Waals surface area contributed by atoms with E-state index in [1.165, 1.54) is 19.2 Å². The topological polar surface area (TPSA) is 52.7 Å². The maximum absolute atomic E-state index is 12.8. The van der Waals surface area contributed by atoms with Crippen molar-refractivity contribution in [3.63, 3.8) is 0 Å². The summed E-state index contributed by atoms with van der Waals surface area (Å²) < 4.78 is 14.8. The SMILES string of the molecule is Cn1nnn(-c2ccc(F)cc2Cl)c1=O. The maximum Gasteiger partial charge on any atom is 0.368 e. The van der Waals surface area contributed by atoms with E-state index in [4.69, 9.17) is 11.6 Å². The Morgan fingerprint density at radius 3 is 2.67 bits per heavy atom. The molecule has 0 aliphatic rings. The molecular formula is C8H6ClFN4O. The third-order valence-corrected chi connectivity index (χ3v) is 2.16. The highest BCUT2D eigenvalue weighted by Crippen LogP contribution is 2.18. The molecule has 0 radical (unpaired) electrons. The van der Waals surface area contributed by atoms with Crippen LogP contribution in [0.1, 0.15) is 0 Å². The summed E-state index contributed by atoms with van der Waals surface area (Å²) in [5.41, 5.74) is -0.139. The molecule has 0 amide bonds. The van der Waals surface area contributed by atoms with E-state index in [0.717, 1.165) is 15.4 Å². The lowest BCUT2D eigenvalue weighted by Crippen LogP contribution is -2.22. The highest BCUT2D eigenvalue weighted by Gasteiger charge is 2.10. The van der Waals surface area contributed by atoms with Gasteiger partial charge in [-0.2, -0.15) is 9.36 Å². The van der Waals surface area contributed by atoms with Crippen molar-refractivity contribution in [1.29, 1.82) is 0 Å². The zero-order valence-electron chi connectivity index (χ0n) is 7.69. The second-order valence-electron chi connectivity index (χ2n) is 2.89. The van der Waals surface area contributed by atoms with E-state index >= 15 is 0 Å². The van der Waals surface area contributed by atoms with Crippen LogP contribution >= 0.6 is 11.6 Å². The quantitative estimate of drug-likeness (QED) is 0.724. The van der Waals surface area contributed by atoms with Crippen LogP contribution in [0.3, 0.4) is 0 Å². The third kappa shape index (κ3) is 1.63. The number of tetrazole rings is 1. The molecule has 0 spiro atoms. The number of benzene rings is 1. The normalized spacial score (nSPS) is 10.6. The molecule has 7 heteroatoms. The van der Waals surface area contributed by atoms with Crippen molar-refractivity contribution < 1.29 is 4.39 Å². The molecule has 1 heterocycles. The van der Waals surface area contributed by atoms with Gasteiger partial charge in [-0.25, -0.2) is 9.18 Å². The van der Waals surface area contributed by atoms with Crippen molar-refractivity contribution >= 4 is 11.6 Å². The van der Waals surface area contributed by atoms with E-state index < -0.39 is 11.5 Å². The molecule has 0 aliphatic carbocycles. The van der Waals surface area contributed by atoms with Gasteiger partial charge in [0, 0.05) is 7.05 Å². The van der Waals surface area contributed by atoms with Crippen molar-refractivity contribution in [1.82, 2.24) is 19.8 Å². The molecule has 0 bridgehead atoms. The van der Waals surface area contributed by atoms with Gasteiger partial charge in [-0.1, -0.05) is 11.6 Å². The summed E-state index contributed by atoms with van der Waals surface area (Å²) in [5.74, 6) is -0.472. The zero-order chi connectivity index (χ0) is 11.0. The van der Waals surface area contributed by atoms with Crippen LogP contribution < -0.4 is 5.69 Å². The second kappa shape index (κ2) is 3.47. The van der Waals surface area contributed by atoms with E-state index in [9.17, 15) is 9.18 Å². The molecule has 0 aliphatic heterocycles. The Kier molecular flexibility index (Phi) is 2.28. The third-order valence-electron chi connectivity index (χ3n) is 1.86. The number of nitrogens with zero attached hydrogens (tertiary/aromatic N) is 4. The van der Waals surface area contributed by atoms with Crippen LogP contribution in [0.2, 0.25) is 5.02 Å². The minimum atomic E-state index is -0.472. The van der Waals surface area contributed by atoms with Crippen molar-refractivity contribution in [3.8, 4) is 5.69 Å². The lowest BCUT2D eigenvalue weighted by Gasteiger charge is -2.00. The van der Waals surface area contributed by atoms with E-state index in [1.807, 2.05) is 0 Å². The Hall–Kier alpha value is -1.69. The Morgan fingerprint density at radius 2 is 2.13 bits per heavy atom. The predicted molar refractivity (Wildman–Crippen MR) is 51.6 cm³/mol. The fourth-order valence-corrected chi connectivity index (χ4v) is 1.37. The van der Waals surface area contributed by atoms with Crippen molar-refractivity contribution in [2.45, 2.75) is 0 Å². The summed E-state index contributed by atoms with van der Waals surface area (Å²) >= 11 is 5.77. The van der Waals surface area contributed by atoms with Crippen LogP contribution in [0, 0.1) is 5.82 Å². The number of aromatic nitrogens is 4. The Balaban J connectivity index is 2.64. The van der Waals surface area contributed by atoms with Gasteiger partial charge < -0.3 is 0 Å². The monoisotopic (exact) mass is 228 g/mol. The minimum Gasteiger partial charge on any atom is -0.244 e. The standard InChI is InChI=1S/C8H6ClFN4O/c1-13-8(15)14(12-11-13)7-3-2-5(10)4-6(7)9/h2-4H,1H3. The van der Waals surface area contributed by atoms with Gasteiger partial charge in [0.2, 0.25) is 0 Å². The molecule has 78 valence electrons. The first kappa shape index (κ1) is 9.85. The summed E-state index contributed by atoms with van der Waals surface area (Å²) in [6, 6.07) is 3.67. The zero-order valence-corrected chi connectivity index (χ0v) is 8.44. The number of aryl methyl sites for hydroxylation is 1. The van der Waals surface area contributed by atoms with E-state index in [1.54, 1.807) is 0 Å². The van der Waals surface area contributed by atoms with Gasteiger partial charge in [0.15, 0.2) is 0 Å². The summed E-state index contributed by atoms with van der Waals surface area (Å²) in [7, 11) is 1.46. The molecule has 0 N–H and O–H groups in total. The van der Waals surface area contributed by atoms with Gasteiger partial charge in [0.05, 0.1) is 10.7 Å². The predicted octanol–water partition coefficient (Wildman–Crippen LogP) is 0.758. The van der Waals surface area contributed by atoms with Gasteiger partial charge in [0.25, 0.3) is 0 Å². The van der Waals surface area contributed by atoms with Crippen LogP contribution in [0.5, 0.6) is 0 Å². The molecule has 0 unspecified atom stereocenters. The molecular weight excluding hydrogens is 223 g/mol. The smallest absolute Gasteiger partial charge is 0.244 e. The minimum absolute atomic E-state index is 0.109. The first-order valence-electron chi connectivity index (χ1n) is 4.04. The molecule has 0 fully saturated rings. The summed E-state index contributed by atoms with van der Waals surface area (Å²) in [5, 5.41) is 7.22. The molecule has 0 saturated heterocycles. The average molecular weight is 229 g/mol. The van der Waals surface area contributed by atoms with Crippen LogP contribution in [0.4, 0.5) is 4.39 Å². The lowest BCUT2D eigenvalue weighted by atomic mass is 10.3. The molecule has 2 aromatic rings. The van der Waals surface area contributed by atoms with E-state index in [-0.39, 0.29) is 5.02 Å². The van der Waals surface area contributed by atoms with E-state index in [2.05, 4.69) is 10.4 Å². The van der Waals surface area contributed by atoms with Crippen LogP contribution in [0.25, 0.3) is 5.69 Å². The van der Waals surface area contributed by atoms with Crippen LogP contribution in [0.15, 0.2) is 23.0 Å². The largest absolute Gasteiger partial charge is 0.368 e. The fraction of sp³-hybridized carbons (Fsp3) is 0.125. The van der Waals surface area contributed by atoms with Gasteiger partial charge >= 0.3 is 5.69 Å². The molecule has 1 aromatic heterocycles. The first-order chi connectivity index (χ1) is 7.09. The van der Waals surface area contributed by atoms with Crippen LogP contribution in [-0.2, 0) is 7.05 Å². The number of halogens is 2. The Bertz CT molecular complexity index is 562. The van der Waals surface area contributed by atoms with Gasteiger partial charge in [0.1, 0.15) is 5.82 Å². The molecule has 1 aromatic carbocycles. The lowest BCUT2D eigenvalue weighted by molar-refractivity contribution is 0.626. The van der Waals surface area contributed by atoms with Crippen molar-refractivity contribution in [2.24, 2.45) is 7.05 Å². The number of hydrogen-bond acceptors (Lipinski definition) is 3. The number of hydrogen-bond donors (Lipinski definition) is 0. The maximum atomic E-state index is 12.8. The summed E-state index contributed by atoms with van der Waals surface area (Å²) in [6.45, 7) is 0. The summed E-state index contributed by atoms with van der Waals surface area (Å²) in [4.78, 5) is 11.5. The molecule has 5 nitrogen and oxygen atoms in total. The van der Waals surface area contributed by atoms with Crippen molar-refractivity contribution in [2.75, 3.05) is 0 Å². The van der Waals surface area contributed by atoms with E-state index in [0.29, 0.717) is 5.69 Å². The second-order valence-corrected chi connectivity index (χ2v) is 3.30. The first-order valence-corrected chi connectivity index (χ1v) is 4.42. The Morgan fingerprint density at radius 1 is 1.40 bits per heavy atom. The molecule has 0 atom stereocenters. The highest BCUT2D eigenvalue weighted by atomic mass is 35.5. The fourth-order valence-electron chi connectivity index (χ4n) is 1.12. The van der Waals surface area contributed by atoms with Gasteiger partial charge in [-0.05, 0) is 28.6 Å². The van der Waals surface area contributed by atoms with Crippen molar-refractivity contribution in [3.05, 3.63) is 39.5 Å². The Labute approximate surface area is 88.7 Å². The van der Waals surface area contributed by atoms with Crippen LogP contribution in [-0.4, -0.2) is 19.8 Å². The average Bonchev–Trinajstić information content (AvgIpc) is 2.49. The molecule has 0 saturated carbocycles. The summed E-state index contributed by atoms with van der Waals surface area (Å²) in [6.07, 6.45) is 0. The highest BCUT2D eigenvalue weighted by molar-refractivity contribution is 6.32. The van der Waals surface area contributed by atoms with Gasteiger partial charge in [-0.3, -0.25) is 0 Å². The van der Waals surface area contributed by atoms with Gasteiger partial charge in [-0.15, -0.1) is 0 Å².